The normalized spacial score (nSPS) is 12.7. The Hall–Kier alpha value is -0.870. The predicted octanol–water partition coefficient (Wildman–Crippen LogP) is 1.37. The van der Waals surface area contributed by atoms with Gasteiger partial charge < -0.3 is 10.5 Å². The van der Waals surface area contributed by atoms with Crippen molar-refractivity contribution in [2.24, 2.45) is 0 Å². The fraction of sp³-hybridized carbons (Fsp3) is 0.333. The quantitative estimate of drug-likeness (QED) is 0.745. The lowest BCUT2D eigenvalue weighted by Crippen LogP contribution is -2.02. The van der Waals surface area contributed by atoms with Gasteiger partial charge in [-0.25, -0.2) is 0 Å². The second kappa shape index (κ2) is 4.99. The highest BCUT2D eigenvalue weighted by Crippen LogP contribution is 2.09. The van der Waals surface area contributed by atoms with Crippen molar-refractivity contribution < 1.29 is 8.95 Å². The van der Waals surface area contributed by atoms with Gasteiger partial charge in [0.1, 0.15) is 5.94 Å². The summed E-state index contributed by atoms with van der Waals surface area (Å²) in [7, 11) is -1.07. The maximum absolute atomic E-state index is 11.5. The standard InChI is InChI=1S/C9H13NO2S/c1-2-12-7-13(11)9-5-3-8(10)4-6-9/h3-6H,2,7,10H2,1H3. The molecule has 0 aromatic heterocycles. The summed E-state index contributed by atoms with van der Waals surface area (Å²) in [4.78, 5) is 0.752. The Labute approximate surface area is 80.4 Å². The third kappa shape index (κ3) is 3.16. The van der Waals surface area contributed by atoms with E-state index >= 15 is 0 Å². The van der Waals surface area contributed by atoms with E-state index in [0.717, 1.165) is 4.90 Å². The Balaban J connectivity index is 2.61. The van der Waals surface area contributed by atoms with Gasteiger partial charge in [0.25, 0.3) is 0 Å². The monoisotopic (exact) mass is 199 g/mol. The summed E-state index contributed by atoms with van der Waals surface area (Å²) in [6, 6.07) is 6.98. The topological polar surface area (TPSA) is 52.3 Å². The van der Waals surface area contributed by atoms with Crippen molar-refractivity contribution in [1.29, 1.82) is 0 Å². The Morgan fingerprint density at radius 3 is 2.54 bits per heavy atom. The van der Waals surface area contributed by atoms with E-state index in [1.54, 1.807) is 24.3 Å². The summed E-state index contributed by atoms with van der Waals surface area (Å²) < 4.78 is 16.5. The van der Waals surface area contributed by atoms with E-state index < -0.39 is 10.8 Å². The average molecular weight is 199 g/mol. The van der Waals surface area contributed by atoms with E-state index in [0.29, 0.717) is 12.3 Å². The number of anilines is 1. The van der Waals surface area contributed by atoms with Crippen LogP contribution in [0.1, 0.15) is 6.92 Å². The molecule has 0 radical (unpaired) electrons. The second-order valence-corrected chi connectivity index (χ2v) is 3.92. The van der Waals surface area contributed by atoms with Crippen molar-refractivity contribution in [2.75, 3.05) is 18.3 Å². The Bertz CT molecular complexity index is 284. The molecular formula is C9H13NO2S. The van der Waals surface area contributed by atoms with Gasteiger partial charge >= 0.3 is 0 Å². The van der Waals surface area contributed by atoms with Crippen molar-refractivity contribution in [3.63, 3.8) is 0 Å². The first kappa shape index (κ1) is 10.2. The van der Waals surface area contributed by atoms with Crippen LogP contribution in [0.5, 0.6) is 0 Å². The first-order chi connectivity index (χ1) is 6.24. The highest BCUT2D eigenvalue weighted by Gasteiger charge is 2.01. The van der Waals surface area contributed by atoms with Crippen LogP contribution >= 0.6 is 0 Å². The number of ether oxygens (including phenoxy) is 1. The van der Waals surface area contributed by atoms with Gasteiger partial charge in [0.15, 0.2) is 0 Å². The molecule has 0 amide bonds. The summed E-state index contributed by atoms with van der Waals surface area (Å²) in [5, 5.41) is 0. The minimum atomic E-state index is -1.07. The zero-order valence-corrected chi connectivity index (χ0v) is 8.34. The van der Waals surface area contributed by atoms with Crippen LogP contribution in [0.15, 0.2) is 29.2 Å². The summed E-state index contributed by atoms with van der Waals surface area (Å²) in [5.74, 6) is 0.250. The van der Waals surface area contributed by atoms with Crippen LogP contribution in [0.4, 0.5) is 5.69 Å². The van der Waals surface area contributed by atoms with E-state index in [4.69, 9.17) is 10.5 Å². The Morgan fingerprint density at radius 1 is 1.38 bits per heavy atom. The molecule has 2 N–H and O–H groups in total. The number of nitrogens with two attached hydrogens (primary N) is 1. The highest BCUT2D eigenvalue weighted by molar-refractivity contribution is 7.84. The van der Waals surface area contributed by atoms with Gasteiger partial charge in [0, 0.05) is 17.2 Å². The van der Waals surface area contributed by atoms with Crippen LogP contribution in [0, 0.1) is 0 Å². The van der Waals surface area contributed by atoms with Crippen LogP contribution in [0.25, 0.3) is 0 Å². The van der Waals surface area contributed by atoms with E-state index in [2.05, 4.69) is 0 Å². The SMILES string of the molecule is CCOCS(=O)c1ccc(N)cc1. The van der Waals surface area contributed by atoms with E-state index in [9.17, 15) is 4.21 Å². The molecule has 0 saturated carbocycles. The minimum Gasteiger partial charge on any atom is -0.399 e. The summed E-state index contributed by atoms with van der Waals surface area (Å²) in [6.45, 7) is 2.46. The molecule has 3 nitrogen and oxygen atoms in total. The predicted molar refractivity (Wildman–Crippen MR) is 53.8 cm³/mol. The second-order valence-electron chi connectivity index (χ2n) is 2.53. The number of nitrogen functional groups attached to an aromatic ring is 1. The lowest BCUT2D eigenvalue weighted by Gasteiger charge is -2.02. The van der Waals surface area contributed by atoms with Crippen LogP contribution in [-0.2, 0) is 15.5 Å². The van der Waals surface area contributed by atoms with E-state index in [1.807, 2.05) is 6.92 Å². The maximum atomic E-state index is 11.5. The van der Waals surface area contributed by atoms with Crippen LogP contribution in [0.3, 0.4) is 0 Å². The third-order valence-corrected chi connectivity index (χ3v) is 2.72. The van der Waals surface area contributed by atoms with E-state index in [1.165, 1.54) is 0 Å². The molecule has 4 heteroatoms. The van der Waals surface area contributed by atoms with Crippen molar-refractivity contribution in [2.45, 2.75) is 11.8 Å². The van der Waals surface area contributed by atoms with Gasteiger partial charge in [-0.1, -0.05) is 0 Å². The zero-order chi connectivity index (χ0) is 9.68. The number of benzene rings is 1. The summed E-state index contributed by atoms with van der Waals surface area (Å²) in [5.41, 5.74) is 6.17. The molecule has 0 bridgehead atoms. The zero-order valence-electron chi connectivity index (χ0n) is 7.53. The molecule has 0 aliphatic heterocycles. The first-order valence-corrected chi connectivity index (χ1v) is 5.37. The Kier molecular flexibility index (Phi) is 3.92. The van der Waals surface area contributed by atoms with Gasteiger partial charge in [-0.05, 0) is 31.2 Å². The van der Waals surface area contributed by atoms with Crippen molar-refractivity contribution in [1.82, 2.24) is 0 Å². The molecule has 1 unspecified atom stereocenters. The smallest absolute Gasteiger partial charge is 0.126 e. The number of rotatable bonds is 4. The number of hydrogen-bond acceptors (Lipinski definition) is 3. The fourth-order valence-electron chi connectivity index (χ4n) is 0.847. The minimum absolute atomic E-state index is 0.250. The van der Waals surface area contributed by atoms with E-state index in [-0.39, 0.29) is 5.94 Å². The first-order valence-electron chi connectivity index (χ1n) is 4.05. The molecule has 0 fully saturated rings. The molecule has 1 rings (SSSR count). The molecule has 1 aromatic carbocycles. The molecule has 72 valence electrons. The molecule has 1 aromatic rings. The fourth-order valence-corrected chi connectivity index (χ4v) is 1.74. The molecule has 0 aliphatic rings. The van der Waals surface area contributed by atoms with Gasteiger partial charge in [0.2, 0.25) is 0 Å². The summed E-state index contributed by atoms with van der Waals surface area (Å²) in [6.07, 6.45) is 0. The number of hydrogen-bond donors (Lipinski definition) is 1. The van der Waals surface area contributed by atoms with Crippen molar-refractivity contribution in [3.8, 4) is 0 Å². The molecule has 0 saturated heterocycles. The molecular weight excluding hydrogens is 186 g/mol. The van der Waals surface area contributed by atoms with Gasteiger partial charge in [-0.15, -0.1) is 0 Å². The van der Waals surface area contributed by atoms with Crippen LogP contribution < -0.4 is 5.73 Å². The molecule has 0 aliphatic carbocycles. The Morgan fingerprint density at radius 2 is 2.00 bits per heavy atom. The van der Waals surface area contributed by atoms with Gasteiger partial charge in [-0.2, -0.15) is 0 Å². The van der Waals surface area contributed by atoms with Gasteiger partial charge in [-0.3, -0.25) is 4.21 Å². The molecule has 0 spiro atoms. The maximum Gasteiger partial charge on any atom is 0.126 e. The van der Waals surface area contributed by atoms with Crippen LogP contribution in [0.2, 0.25) is 0 Å². The van der Waals surface area contributed by atoms with Crippen LogP contribution in [-0.4, -0.2) is 16.8 Å². The molecule has 1 atom stereocenters. The molecule has 13 heavy (non-hydrogen) atoms. The lowest BCUT2D eigenvalue weighted by atomic mass is 10.3. The summed E-state index contributed by atoms with van der Waals surface area (Å²) >= 11 is 0. The lowest BCUT2D eigenvalue weighted by molar-refractivity contribution is 0.196. The highest BCUT2D eigenvalue weighted by atomic mass is 32.2. The van der Waals surface area contributed by atoms with Crippen molar-refractivity contribution in [3.05, 3.63) is 24.3 Å². The van der Waals surface area contributed by atoms with Gasteiger partial charge in [0.05, 0.1) is 10.8 Å². The third-order valence-electron chi connectivity index (χ3n) is 1.54. The molecule has 0 heterocycles. The largest absolute Gasteiger partial charge is 0.399 e. The van der Waals surface area contributed by atoms with Crippen molar-refractivity contribution >= 4 is 16.5 Å². The average Bonchev–Trinajstić information content (AvgIpc) is 2.15.